The monoisotopic (exact) mass is 270 g/mol. The zero-order chi connectivity index (χ0) is 14.7. The second-order valence-electron chi connectivity index (χ2n) is 4.91. The predicted octanol–water partition coefficient (Wildman–Crippen LogP) is 2.22. The van der Waals surface area contributed by atoms with E-state index in [2.05, 4.69) is 33.6 Å². The molecule has 104 valence electrons. The van der Waals surface area contributed by atoms with E-state index in [4.69, 9.17) is 0 Å². The molecule has 0 bridgehead atoms. The van der Waals surface area contributed by atoms with Crippen LogP contribution in [0.1, 0.15) is 36.7 Å². The molecule has 1 N–H and O–H groups in total. The van der Waals surface area contributed by atoms with Gasteiger partial charge in [-0.3, -0.25) is 4.68 Å². The number of nitriles is 1. The zero-order valence-corrected chi connectivity index (χ0v) is 12.1. The van der Waals surface area contributed by atoms with Gasteiger partial charge in [-0.2, -0.15) is 15.5 Å². The lowest BCUT2D eigenvalue weighted by molar-refractivity contribution is 0.442. The molecule has 0 amide bonds. The van der Waals surface area contributed by atoms with Gasteiger partial charge in [0.1, 0.15) is 11.6 Å². The first-order chi connectivity index (χ1) is 9.54. The van der Waals surface area contributed by atoms with Gasteiger partial charge >= 0.3 is 0 Å². The maximum atomic E-state index is 9.28. The maximum Gasteiger partial charge on any atom is 0.167 e. The smallest absolute Gasteiger partial charge is 0.167 e. The van der Waals surface area contributed by atoms with Crippen LogP contribution in [-0.2, 0) is 0 Å². The van der Waals surface area contributed by atoms with Crippen molar-refractivity contribution in [3.63, 3.8) is 0 Å². The second-order valence-corrected chi connectivity index (χ2v) is 4.91. The first-order valence-electron chi connectivity index (χ1n) is 6.54. The van der Waals surface area contributed by atoms with Gasteiger partial charge in [0, 0.05) is 18.4 Å². The Bertz CT molecular complexity index is 626. The molecule has 0 aromatic carbocycles. The zero-order valence-electron chi connectivity index (χ0n) is 12.1. The minimum atomic E-state index is 0.0680. The molecule has 0 saturated carbocycles. The summed E-state index contributed by atoms with van der Waals surface area (Å²) in [5, 5.41) is 24.9. The first kappa shape index (κ1) is 14.0. The van der Waals surface area contributed by atoms with Gasteiger partial charge in [-0.05, 0) is 39.3 Å². The molecule has 0 aliphatic carbocycles. The third-order valence-corrected chi connectivity index (χ3v) is 3.60. The molecule has 0 aliphatic heterocycles. The summed E-state index contributed by atoms with van der Waals surface area (Å²) < 4.78 is 1.87. The summed E-state index contributed by atoms with van der Waals surface area (Å²) in [5.74, 6) is 0.530. The van der Waals surface area contributed by atoms with Gasteiger partial charge < -0.3 is 5.32 Å². The summed E-state index contributed by atoms with van der Waals surface area (Å²) in [6, 6.07) is 4.29. The summed E-state index contributed by atoms with van der Waals surface area (Å²) >= 11 is 0. The summed E-state index contributed by atoms with van der Waals surface area (Å²) in [5.41, 5.74) is 2.20. The van der Waals surface area contributed by atoms with Gasteiger partial charge in [0.2, 0.25) is 0 Å². The van der Waals surface area contributed by atoms with Crippen molar-refractivity contribution in [2.45, 2.75) is 39.8 Å². The highest BCUT2D eigenvalue weighted by Crippen LogP contribution is 2.20. The van der Waals surface area contributed by atoms with Crippen LogP contribution in [0.15, 0.2) is 18.5 Å². The van der Waals surface area contributed by atoms with Crippen molar-refractivity contribution in [2.24, 2.45) is 0 Å². The Kier molecular flexibility index (Phi) is 3.99. The van der Waals surface area contributed by atoms with E-state index in [0.29, 0.717) is 11.4 Å². The molecule has 0 spiro atoms. The lowest BCUT2D eigenvalue weighted by Crippen LogP contribution is -2.28. The van der Waals surface area contributed by atoms with E-state index >= 15 is 0 Å². The van der Waals surface area contributed by atoms with Crippen LogP contribution in [-0.4, -0.2) is 26.0 Å². The van der Waals surface area contributed by atoms with Gasteiger partial charge in [-0.1, -0.05) is 0 Å². The second kappa shape index (κ2) is 5.70. The van der Waals surface area contributed by atoms with Crippen LogP contribution >= 0.6 is 0 Å². The third-order valence-electron chi connectivity index (χ3n) is 3.60. The van der Waals surface area contributed by atoms with Crippen molar-refractivity contribution in [1.29, 1.82) is 5.26 Å². The van der Waals surface area contributed by atoms with Gasteiger partial charge in [0.15, 0.2) is 5.82 Å². The fraction of sp³-hybridized carbons (Fsp3) is 0.429. The average Bonchev–Trinajstić information content (AvgIpc) is 2.96. The van der Waals surface area contributed by atoms with Crippen LogP contribution in [0.2, 0.25) is 0 Å². The van der Waals surface area contributed by atoms with Crippen molar-refractivity contribution in [3.05, 3.63) is 35.3 Å². The SMILES string of the molecule is Cc1nnc(NC(C)C(C)n2cccn2)c(C#N)c1C. The molecular weight excluding hydrogens is 252 g/mol. The van der Waals surface area contributed by atoms with Crippen LogP contribution in [0.3, 0.4) is 0 Å². The molecule has 2 aromatic rings. The van der Waals surface area contributed by atoms with Gasteiger partial charge in [0.05, 0.1) is 11.7 Å². The molecule has 6 heteroatoms. The highest BCUT2D eigenvalue weighted by molar-refractivity contribution is 5.56. The number of anilines is 1. The fourth-order valence-corrected chi connectivity index (χ4v) is 1.93. The summed E-state index contributed by atoms with van der Waals surface area (Å²) in [6.45, 7) is 7.83. The fourth-order valence-electron chi connectivity index (χ4n) is 1.93. The standard InChI is InChI=1S/C14H18N6/c1-9-10(2)18-19-14(13(9)8-15)17-11(3)12(4)20-7-5-6-16-20/h5-7,11-12H,1-4H3,(H,17,19). The first-order valence-corrected chi connectivity index (χ1v) is 6.54. The molecular formula is C14H18N6. The van der Waals surface area contributed by atoms with Crippen molar-refractivity contribution in [1.82, 2.24) is 20.0 Å². The minimum Gasteiger partial charge on any atom is -0.363 e. The molecule has 2 unspecified atom stereocenters. The van der Waals surface area contributed by atoms with Crippen LogP contribution in [0.4, 0.5) is 5.82 Å². The Morgan fingerprint density at radius 1 is 1.30 bits per heavy atom. The highest BCUT2D eigenvalue weighted by atomic mass is 15.3. The molecule has 2 rings (SSSR count). The molecule has 0 saturated heterocycles. The average molecular weight is 270 g/mol. The van der Waals surface area contributed by atoms with E-state index < -0.39 is 0 Å². The third kappa shape index (κ3) is 2.62. The lowest BCUT2D eigenvalue weighted by atomic mass is 10.1. The molecule has 0 aliphatic rings. The largest absolute Gasteiger partial charge is 0.363 e. The van der Waals surface area contributed by atoms with E-state index in [1.807, 2.05) is 37.7 Å². The predicted molar refractivity (Wildman–Crippen MR) is 76.2 cm³/mol. The molecule has 0 radical (unpaired) electrons. The van der Waals surface area contributed by atoms with E-state index in [9.17, 15) is 5.26 Å². The number of aryl methyl sites for hydroxylation is 1. The molecule has 20 heavy (non-hydrogen) atoms. The van der Waals surface area contributed by atoms with Crippen LogP contribution in [0.5, 0.6) is 0 Å². The van der Waals surface area contributed by atoms with Crippen LogP contribution in [0.25, 0.3) is 0 Å². The molecule has 2 atom stereocenters. The van der Waals surface area contributed by atoms with Crippen molar-refractivity contribution >= 4 is 5.82 Å². The lowest BCUT2D eigenvalue weighted by Gasteiger charge is -2.22. The van der Waals surface area contributed by atoms with Gasteiger partial charge in [0.25, 0.3) is 0 Å². The number of aromatic nitrogens is 4. The summed E-state index contributed by atoms with van der Waals surface area (Å²) in [6.07, 6.45) is 3.67. The highest BCUT2D eigenvalue weighted by Gasteiger charge is 2.18. The Labute approximate surface area is 118 Å². The Morgan fingerprint density at radius 2 is 2.05 bits per heavy atom. The number of hydrogen-bond acceptors (Lipinski definition) is 5. The minimum absolute atomic E-state index is 0.0680. The van der Waals surface area contributed by atoms with Crippen molar-refractivity contribution < 1.29 is 0 Å². The van der Waals surface area contributed by atoms with Crippen molar-refractivity contribution in [2.75, 3.05) is 5.32 Å². The van der Waals surface area contributed by atoms with E-state index in [1.165, 1.54) is 0 Å². The van der Waals surface area contributed by atoms with E-state index in [0.717, 1.165) is 11.3 Å². The topological polar surface area (TPSA) is 79.4 Å². The molecule has 2 aromatic heterocycles. The Morgan fingerprint density at radius 3 is 2.65 bits per heavy atom. The summed E-state index contributed by atoms with van der Waals surface area (Å²) in [7, 11) is 0. The van der Waals surface area contributed by atoms with E-state index in [-0.39, 0.29) is 12.1 Å². The Balaban J connectivity index is 2.22. The normalized spacial score (nSPS) is 13.6. The van der Waals surface area contributed by atoms with Gasteiger partial charge in [-0.25, -0.2) is 0 Å². The van der Waals surface area contributed by atoms with Gasteiger partial charge in [-0.15, -0.1) is 5.10 Å². The Hall–Kier alpha value is -2.42. The molecule has 6 nitrogen and oxygen atoms in total. The molecule has 0 fully saturated rings. The molecule has 2 heterocycles. The number of hydrogen-bond donors (Lipinski definition) is 1. The van der Waals surface area contributed by atoms with Crippen molar-refractivity contribution in [3.8, 4) is 6.07 Å². The van der Waals surface area contributed by atoms with Crippen LogP contribution in [0, 0.1) is 25.2 Å². The number of nitrogens with zero attached hydrogens (tertiary/aromatic N) is 5. The maximum absolute atomic E-state index is 9.28. The summed E-state index contributed by atoms with van der Waals surface area (Å²) in [4.78, 5) is 0. The van der Waals surface area contributed by atoms with Crippen LogP contribution < -0.4 is 5.32 Å². The quantitative estimate of drug-likeness (QED) is 0.921. The number of nitrogens with one attached hydrogen (secondary N) is 1. The number of rotatable bonds is 4. The van der Waals surface area contributed by atoms with E-state index in [1.54, 1.807) is 6.20 Å².